The van der Waals surface area contributed by atoms with Gasteiger partial charge in [0.05, 0.1) is 6.42 Å². The van der Waals surface area contributed by atoms with Crippen molar-refractivity contribution in [3.63, 3.8) is 0 Å². The normalized spacial score (nSPS) is 10.5. The molecule has 1 rings (SSSR count). The summed E-state index contributed by atoms with van der Waals surface area (Å²) in [6.45, 7) is 0. The van der Waals surface area contributed by atoms with Crippen molar-refractivity contribution in [2.24, 2.45) is 0 Å². The third-order valence-electron chi connectivity index (χ3n) is 1.21. The van der Waals surface area contributed by atoms with Crippen LogP contribution in [0.3, 0.4) is 0 Å². The predicted octanol–water partition coefficient (Wildman–Crippen LogP) is 1.44. The lowest BCUT2D eigenvalue weighted by Crippen LogP contribution is -1.89. The van der Waals surface area contributed by atoms with Gasteiger partial charge in [-0.15, -0.1) is 11.3 Å². The number of aromatic nitrogens is 1. The fourth-order valence-corrected chi connectivity index (χ4v) is 1.37. The quantitative estimate of drug-likeness (QED) is 0.741. The van der Waals surface area contributed by atoms with Crippen LogP contribution in [0.2, 0.25) is 0 Å². The maximum absolute atomic E-state index is 10.2. The van der Waals surface area contributed by atoms with Crippen molar-refractivity contribution in [2.75, 3.05) is 0 Å². The SMILES string of the molecule is O=Cc1csc(C=CCC(=O)O)n1. The minimum atomic E-state index is -0.886. The van der Waals surface area contributed by atoms with Gasteiger partial charge in [-0.05, 0) is 6.08 Å². The van der Waals surface area contributed by atoms with Crippen LogP contribution in [0.4, 0.5) is 0 Å². The average molecular weight is 197 g/mol. The minimum absolute atomic E-state index is 0.0317. The number of aliphatic carboxylic acids is 1. The first-order valence-corrected chi connectivity index (χ1v) is 4.39. The van der Waals surface area contributed by atoms with Crippen LogP contribution in [0.25, 0.3) is 6.08 Å². The molecular formula is C8H7NO3S. The number of carboxylic acids is 1. The molecule has 0 radical (unpaired) electrons. The Hall–Kier alpha value is -1.49. The third-order valence-corrected chi connectivity index (χ3v) is 2.04. The van der Waals surface area contributed by atoms with Gasteiger partial charge in [-0.2, -0.15) is 0 Å². The molecule has 0 amide bonds. The highest BCUT2D eigenvalue weighted by Crippen LogP contribution is 2.09. The van der Waals surface area contributed by atoms with Crippen molar-refractivity contribution in [3.8, 4) is 0 Å². The molecule has 0 saturated carbocycles. The van der Waals surface area contributed by atoms with Gasteiger partial charge < -0.3 is 5.11 Å². The van der Waals surface area contributed by atoms with Gasteiger partial charge >= 0.3 is 5.97 Å². The van der Waals surface area contributed by atoms with E-state index >= 15 is 0 Å². The van der Waals surface area contributed by atoms with Crippen LogP contribution in [-0.2, 0) is 4.79 Å². The molecule has 0 aliphatic heterocycles. The number of thiazole rings is 1. The Bertz CT molecular complexity index is 343. The van der Waals surface area contributed by atoms with Gasteiger partial charge in [-0.3, -0.25) is 9.59 Å². The molecule has 4 nitrogen and oxygen atoms in total. The first-order chi connectivity index (χ1) is 6.22. The van der Waals surface area contributed by atoms with Crippen LogP contribution in [0.15, 0.2) is 11.5 Å². The van der Waals surface area contributed by atoms with Crippen molar-refractivity contribution in [3.05, 3.63) is 22.2 Å². The maximum Gasteiger partial charge on any atom is 0.307 e. The average Bonchev–Trinajstić information content (AvgIpc) is 2.52. The van der Waals surface area contributed by atoms with Crippen molar-refractivity contribution < 1.29 is 14.7 Å². The lowest BCUT2D eigenvalue weighted by molar-refractivity contribution is -0.135. The third kappa shape index (κ3) is 3.16. The van der Waals surface area contributed by atoms with Crippen LogP contribution >= 0.6 is 11.3 Å². The number of carbonyl (C=O) groups excluding carboxylic acids is 1. The Kier molecular flexibility index (Phi) is 3.33. The number of carboxylic acid groups (broad SMARTS) is 1. The molecule has 0 fully saturated rings. The summed E-state index contributed by atoms with van der Waals surface area (Å²) in [6.07, 6.45) is 3.71. The van der Waals surface area contributed by atoms with E-state index in [0.717, 1.165) is 0 Å². The van der Waals surface area contributed by atoms with E-state index in [0.29, 0.717) is 17.0 Å². The van der Waals surface area contributed by atoms with Crippen LogP contribution in [0.1, 0.15) is 21.9 Å². The van der Waals surface area contributed by atoms with E-state index in [1.807, 2.05) is 0 Å². The van der Waals surface area contributed by atoms with Gasteiger partial charge in [0.2, 0.25) is 0 Å². The molecule has 1 aromatic heterocycles. The Morgan fingerprint density at radius 3 is 3.00 bits per heavy atom. The largest absolute Gasteiger partial charge is 0.481 e. The molecule has 68 valence electrons. The molecule has 0 aromatic carbocycles. The Labute approximate surface area is 78.5 Å². The molecule has 0 atom stereocenters. The van der Waals surface area contributed by atoms with Gasteiger partial charge in [0.25, 0.3) is 0 Å². The number of nitrogens with zero attached hydrogens (tertiary/aromatic N) is 1. The summed E-state index contributed by atoms with van der Waals surface area (Å²) in [7, 11) is 0. The van der Waals surface area contributed by atoms with E-state index in [2.05, 4.69) is 4.98 Å². The number of carbonyl (C=O) groups is 2. The zero-order valence-electron chi connectivity index (χ0n) is 6.64. The van der Waals surface area contributed by atoms with Crippen molar-refractivity contribution in [1.29, 1.82) is 0 Å². The van der Waals surface area contributed by atoms with Crippen molar-refractivity contribution >= 4 is 29.7 Å². The standard InChI is InChI=1S/C8H7NO3S/c10-4-6-5-13-7(9-6)2-1-3-8(11)12/h1-2,4-5H,3H2,(H,11,12). The second-order valence-electron chi connectivity index (χ2n) is 2.23. The van der Waals surface area contributed by atoms with E-state index in [9.17, 15) is 9.59 Å². The van der Waals surface area contributed by atoms with E-state index in [1.165, 1.54) is 17.4 Å². The molecule has 0 unspecified atom stereocenters. The highest BCUT2D eigenvalue weighted by atomic mass is 32.1. The molecular weight excluding hydrogens is 190 g/mol. The summed E-state index contributed by atoms with van der Waals surface area (Å²) in [5.41, 5.74) is 0.375. The summed E-state index contributed by atoms with van der Waals surface area (Å²) in [4.78, 5) is 24.3. The summed E-state index contributed by atoms with van der Waals surface area (Å²) in [5.74, 6) is -0.886. The Balaban J connectivity index is 2.58. The van der Waals surface area contributed by atoms with Crippen LogP contribution in [-0.4, -0.2) is 22.3 Å². The van der Waals surface area contributed by atoms with E-state index in [-0.39, 0.29) is 6.42 Å². The summed E-state index contributed by atoms with van der Waals surface area (Å²) in [5, 5.41) is 10.6. The smallest absolute Gasteiger partial charge is 0.307 e. The number of hydrogen-bond donors (Lipinski definition) is 1. The van der Waals surface area contributed by atoms with E-state index < -0.39 is 5.97 Å². The molecule has 5 heteroatoms. The fraction of sp³-hybridized carbons (Fsp3) is 0.125. The second kappa shape index (κ2) is 4.51. The monoisotopic (exact) mass is 197 g/mol. The topological polar surface area (TPSA) is 67.3 Å². The molecule has 1 heterocycles. The first kappa shape index (κ1) is 9.60. The van der Waals surface area contributed by atoms with Gasteiger partial charge in [0, 0.05) is 5.38 Å². The molecule has 0 spiro atoms. The highest BCUT2D eigenvalue weighted by molar-refractivity contribution is 7.10. The second-order valence-corrected chi connectivity index (χ2v) is 3.12. The molecule has 13 heavy (non-hydrogen) atoms. The fourth-order valence-electron chi connectivity index (χ4n) is 0.692. The molecule has 1 aromatic rings. The summed E-state index contributed by atoms with van der Waals surface area (Å²) < 4.78 is 0. The maximum atomic E-state index is 10.2. The summed E-state index contributed by atoms with van der Waals surface area (Å²) >= 11 is 1.30. The molecule has 0 bridgehead atoms. The molecule has 1 N–H and O–H groups in total. The lowest BCUT2D eigenvalue weighted by atomic mass is 10.4. The van der Waals surface area contributed by atoms with Gasteiger partial charge in [-0.25, -0.2) is 4.98 Å². The first-order valence-electron chi connectivity index (χ1n) is 3.51. The van der Waals surface area contributed by atoms with Crippen molar-refractivity contribution in [2.45, 2.75) is 6.42 Å². The summed E-state index contributed by atoms with van der Waals surface area (Å²) in [6, 6.07) is 0. The van der Waals surface area contributed by atoms with Crippen LogP contribution < -0.4 is 0 Å². The van der Waals surface area contributed by atoms with Gasteiger partial charge in [0.1, 0.15) is 10.7 Å². The minimum Gasteiger partial charge on any atom is -0.481 e. The zero-order valence-corrected chi connectivity index (χ0v) is 7.45. The zero-order chi connectivity index (χ0) is 9.68. The molecule has 0 aliphatic rings. The van der Waals surface area contributed by atoms with Crippen LogP contribution in [0.5, 0.6) is 0 Å². The molecule has 0 aliphatic carbocycles. The number of aldehydes is 1. The predicted molar refractivity (Wildman–Crippen MR) is 48.8 cm³/mol. The number of hydrogen-bond acceptors (Lipinski definition) is 4. The Morgan fingerprint density at radius 2 is 2.46 bits per heavy atom. The van der Waals surface area contributed by atoms with Gasteiger partial charge in [0.15, 0.2) is 6.29 Å². The van der Waals surface area contributed by atoms with E-state index in [1.54, 1.807) is 11.5 Å². The lowest BCUT2D eigenvalue weighted by Gasteiger charge is -1.82. The highest BCUT2D eigenvalue weighted by Gasteiger charge is 1.96. The van der Waals surface area contributed by atoms with Crippen LogP contribution in [0, 0.1) is 0 Å². The van der Waals surface area contributed by atoms with Gasteiger partial charge in [-0.1, -0.05) is 6.08 Å². The number of rotatable bonds is 4. The Morgan fingerprint density at radius 1 is 1.69 bits per heavy atom. The van der Waals surface area contributed by atoms with Crippen molar-refractivity contribution in [1.82, 2.24) is 4.98 Å². The van der Waals surface area contributed by atoms with E-state index in [4.69, 9.17) is 5.11 Å². The molecule has 0 saturated heterocycles.